The number of hydrogen-bond acceptors (Lipinski definition) is 7. The Labute approximate surface area is 142 Å². The van der Waals surface area contributed by atoms with Gasteiger partial charge in [-0.2, -0.15) is 0 Å². The van der Waals surface area contributed by atoms with Crippen molar-refractivity contribution in [3.05, 3.63) is 0 Å². The molecule has 0 unspecified atom stereocenters. The molecule has 1 aliphatic rings. The molecule has 0 aromatic rings. The molecule has 1 heterocycles. The van der Waals surface area contributed by atoms with Gasteiger partial charge in [0.05, 0.1) is 27.4 Å². The van der Waals surface area contributed by atoms with Gasteiger partial charge in [0.15, 0.2) is 0 Å². The maximum absolute atomic E-state index is 9.59. The second-order valence-electron chi connectivity index (χ2n) is 2.33. The fourth-order valence-electron chi connectivity index (χ4n) is 0.295. The van der Waals surface area contributed by atoms with Crippen LogP contribution in [-0.4, -0.2) is 53.0 Å². The number of rotatable bonds is 0. The van der Waals surface area contributed by atoms with E-state index >= 15 is 0 Å². The Morgan fingerprint density at radius 1 is 0.895 bits per heavy atom. The largest absolute Gasteiger partial charge is 0.469 e. The molecule has 19 heavy (non-hydrogen) atoms. The van der Waals surface area contributed by atoms with Crippen molar-refractivity contribution in [3.63, 3.8) is 0 Å². The van der Waals surface area contributed by atoms with Gasteiger partial charge in [0.2, 0.25) is 0 Å². The molecule has 0 spiro atoms. The molecule has 0 saturated carbocycles. The monoisotopic (exact) mass is 620 g/mol. The van der Waals surface area contributed by atoms with Crippen molar-refractivity contribution in [1.82, 2.24) is 0 Å². The predicted octanol–water partition coefficient (Wildman–Crippen LogP) is 0.159. The van der Waals surface area contributed by atoms with Crippen LogP contribution in [0.15, 0.2) is 0 Å². The Kier molecular flexibility index (Phi) is 50.7. The van der Waals surface area contributed by atoms with Crippen molar-refractivity contribution in [2.45, 2.75) is 13.8 Å². The van der Waals surface area contributed by atoms with Crippen LogP contribution < -0.4 is 0 Å². The number of methoxy groups -OCH3 is 2. The Balaban J connectivity index is -0.0000000461. The van der Waals surface area contributed by atoms with E-state index in [1.165, 1.54) is 28.1 Å². The van der Waals surface area contributed by atoms with Crippen LogP contribution in [0.4, 0.5) is 0 Å². The van der Waals surface area contributed by atoms with Crippen LogP contribution in [0.1, 0.15) is 13.8 Å². The van der Waals surface area contributed by atoms with Gasteiger partial charge in [0.25, 0.3) is 0 Å². The number of carbonyl (C=O) groups excluding carboxylic acids is 3. The van der Waals surface area contributed by atoms with Crippen molar-refractivity contribution < 1.29 is 75.5 Å². The average Bonchev–Trinajstić information content (AvgIpc) is 2.91. The van der Waals surface area contributed by atoms with Gasteiger partial charge in [0, 0.05) is 56.0 Å². The van der Waals surface area contributed by atoms with E-state index < -0.39 is 0 Å². The van der Waals surface area contributed by atoms with Crippen molar-refractivity contribution in [2.75, 3.05) is 34.2 Å². The van der Waals surface area contributed by atoms with Crippen molar-refractivity contribution in [2.24, 2.45) is 0 Å². The van der Waals surface area contributed by atoms with Crippen LogP contribution in [0.2, 0.25) is 0 Å². The standard InChI is InChI=1S/3C3H6O2.CH2O.2W/c1-2-5-3-4-1;2*1-3(4)5-2;1-2;;/h1-3H2;2*1-2H3;1H2;;. The molecule has 9 heteroatoms. The smallest absolute Gasteiger partial charge is 0.302 e. The Bertz CT molecular complexity index is 165. The van der Waals surface area contributed by atoms with Crippen LogP contribution in [0.25, 0.3) is 0 Å². The minimum absolute atomic E-state index is 0. The molecule has 0 aromatic heterocycles. The maximum Gasteiger partial charge on any atom is 0.302 e. The molecule has 0 aliphatic carbocycles. The number of ether oxygens (including phenoxy) is 4. The minimum Gasteiger partial charge on any atom is -0.469 e. The topological polar surface area (TPSA) is 88.1 Å². The third-order valence-electron chi connectivity index (χ3n) is 1.11. The first kappa shape index (κ1) is 31.3. The zero-order valence-electron chi connectivity index (χ0n) is 11.5. The van der Waals surface area contributed by atoms with Crippen molar-refractivity contribution in [3.8, 4) is 0 Å². The Hall–Kier alpha value is -0.0934. The third kappa shape index (κ3) is 57.1. The van der Waals surface area contributed by atoms with Crippen LogP contribution in [0.3, 0.4) is 0 Å². The van der Waals surface area contributed by atoms with E-state index in [-0.39, 0.29) is 54.1 Å². The van der Waals surface area contributed by atoms with Crippen LogP contribution in [0, 0.1) is 0 Å². The van der Waals surface area contributed by atoms with Gasteiger partial charge in [-0.25, -0.2) is 0 Å². The van der Waals surface area contributed by atoms with Gasteiger partial charge in [-0.1, -0.05) is 0 Å². The number of carbonyl (C=O) groups is 3. The summed E-state index contributed by atoms with van der Waals surface area (Å²) in [5, 5.41) is 0. The molecular formula is C10H20O7W2. The summed E-state index contributed by atoms with van der Waals surface area (Å²) in [6.07, 6.45) is 0. The Morgan fingerprint density at radius 3 is 1.16 bits per heavy atom. The first-order valence-corrected chi connectivity index (χ1v) is 4.58. The van der Waals surface area contributed by atoms with E-state index in [2.05, 4.69) is 9.47 Å². The Morgan fingerprint density at radius 2 is 1.11 bits per heavy atom. The number of esters is 2. The van der Waals surface area contributed by atoms with E-state index in [9.17, 15) is 9.59 Å². The second-order valence-corrected chi connectivity index (χ2v) is 2.33. The molecule has 1 fully saturated rings. The van der Waals surface area contributed by atoms with Gasteiger partial charge in [-0.3, -0.25) is 9.59 Å². The van der Waals surface area contributed by atoms with Crippen LogP contribution in [-0.2, 0) is 75.5 Å². The zero-order chi connectivity index (χ0) is 14.1. The molecule has 0 aromatic carbocycles. The second kappa shape index (κ2) is 30.7. The fourth-order valence-corrected chi connectivity index (χ4v) is 0.295. The SMILES string of the molecule is C1COCO1.C=O.COC(C)=O.COC(C)=O.[W].[W]. The molecule has 1 saturated heterocycles. The van der Waals surface area contributed by atoms with Gasteiger partial charge < -0.3 is 23.7 Å². The molecule has 0 bridgehead atoms. The van der Waals surface area contributed by atoms with Crippen molar-refractivity contribution >= 4 is 18.7 Å². The summed E-state index contributed by atoms with van der Waals surface area (Å²) in [6.45, 7) is 6.78. The summed E-state index contributed by atoms with van der Waals surface area (Å²) in [6, 6.07) is 0. The van der Waals surface area contributed by atoms with Crippen LogP contribution >= 0.6 is 0 Å². The molecule has 0 N–H and O–H groups in total. The third-order valence-corrected chi connectivity index (χ3v) is 1.11. The molecular weight excluding hydrogens is 600 g/mol. The molecule has 7 nitrogen and oxygen atoms in total. The van der Waals surface area contributed by atoms with Gasteiger partial charge in [-0.15, -0.1) is 0 Å². The van der Waals surface area contributed by atoms with E-state index in [1.807, 2.05) is 6.79 Å². The molecule has 0 atom stereocenters. The molecule has 0 radical (unpaired) electrons. The molecule has 1 rings (SSSR count). The summed E-state index contributed by atoms with van der Waals surface area (Å²) < 4.78 is 17.7. The maximum atomic E-state index is 9.59. The van der Waals surface area contributed by atoms with Gasteiger partial charge in [-0.05, 0) is 0 Å². The quantitative estimate of drug-likeness (QED) is 0.357. The van der Waals surface area contributed by atoms with Gasteiger partial charge in [0.1, 0.15) is 13.6 Å². The number of hydrogen-bond donors (Lipinski definition) is 0. The van der Waals surface area contributed by atoms with Crippen LogP contribution in [0.5, 0.6) is 0 Å². The minimum atomic E-state index is -0.245. The summed E-state index contributed by atoms with van der Waals surface area (Å²) in [7, 11) is 2.70. The summed E-state index contributed by atoms with van der Waals surface area (Å²) >= 11 is 0. The fraction of sp³-hybridized carbons (Fsp3) is 0.700. The first-order valence-electron chi connectivity index (χ1n) is 4.58. The molecule has 1 aliphatic heterocycles. The zero-order valence-corrected chi connectivity index (χ0v) is 17.4. The van der Waals surface area contributed by atoms with Gasteiger partial charge >= 0.3 is 11.9 Å². The average molecular weight is 620 g/mol. The summed E-state index contributed by atoms with van der Waals surface area (Å²) in [5.41, 5.74) is 0. The van der Waals surface area contributed by atoms with E-state index in [0.29, 0.717) is 6.79 Å². The van der Waals surface area contributed by atoms with Crippen molar-refractivity contribution in [1.29, 1.82) is 0 Å². The first-order chi connectivity index (χ1) is 8.04. The molecule has 0 amide bonds. The molecule has 114 valence electrons. The predicted molar refractivity (Wildman–Crippen MR) is 59.3 cm³/mol. The van der Waals surface area contributed by atoms with E-state index in [0.717, 1.165) is 13.2 Å². The van der Waals surface area contributed by atoms with E-state index in [4.69, 9.17) is 14.3 Å². The van der Waals surface area contributed by atoms with E-state index in [1.54, 1.807) is 0 Å². The summed E-state index contributed by atoms with van der Waals surface area (Å²) in [4.78, 5) is 27.2. The summed E-state index contributed by atoms with van der Waals surface area (Å²) in [5.74, 6) is -0.491. The normalized spacial score (nSPS) is 10.1.